The molecule has 0 saturated carbocycles. The van der Waals surface area contributed by atoms with Crippen LogP contribution in [-0.4, -0.2) is 24.1 Å². The van der Waals surface area contributed by atoms with E-state index in [0.29, 0.717) is 17.5 Å². The van der Waals surface area contributed by atoms with Gasteiger partial charge >= 0.3 is 0 Å². The second-order valence-corrected chi connectivity index (χ2v) is 16.0. The summed E-state index contributed by atoms with van der Waals surface area (Å²) in [4.78, 5) is 15.6. The number of aromatic nitrogens is 5. The molecule has 3 heterocycles. The number of hydrogen-bond acceptors (Lipinski definition) is 3. The molecule has 0 fully saturated rings. The van der Waals surface area contributed by atoms with Gasteiger partial charge in [0.15, 0.2) is 17.5 Å². The summed E-state index contributed by atoms with van der Waals surface area (Å²) in [6.45, 7) is 0. The zero-order valence-electron chi connectivity index (χ0n) is 33.4. The van der Waals surface area contributed by atoms with Gasteiger partial charge in [-0.2, -0.15) is 0 Å². The second kappa shape index (κ2) is 13.6. The highest BCUT2D eigenvalue weighted by molar-refractivity contribution is 6.22. The summed E-state index contributed by atoms with van der Waals surface area (Å²) in [6.07, 6.45) is 0. The second-order valence-electron chi connectivity index (χ2n) is 16.0. The number of para-hydroxylation sites is 2. The minimum atomic E-state index is 0.616. The average Bonchev–Trinajstić information content (AvgIpc) is 3.87. The Balaban J connectivity index is 1.06. The largest absolute Gasteiger partial charge is 0.309 e. The summed E-state index contributed by atoms with van der Waals surface area (Å²) < 4.78 is 4.87. The van der Waals surface area contributed by atoms with Crippen LogP contribution >= 0.6 is 0 Å². The van der Waals surface area contributed by atoms with E-state index in [-0.39, 0.29) is 0 Å². The molecule has 0 N–H and O–H groups in total. The van der Waals surface area contributed by atoms with Crippen molar-refractivity contribution in [2.45, 2.75) is 0 Å². The Morgan fingerprint density at radius 1 is 0.290 bits per heavy atom. The summed E-state index contributed by atoms with van der Waals surface area (Å²) in [6, 6.07) is 75.8. The fraction of sp³-hybridized carbons (Fsp3) is 0. The maximum absolute atomic E-state index is 5.24. The molecule has 62 heavy (non-hydrogen) atoms. The highest BCUT2D eigenvalue weighted by Gasteiger charge is 2.22. The number of rotatable bonds is 5. The first-order valence-electron chi connectivity index (χ1n) is 21.0. The Morgan fingerprint density at radius 2 is 0.774 bits per heavy atom. The molecule has 0 bridgehead atoms. The summed E-state index contributed by atoms with van der Waals surface area (Å²) in [5, 5.41) is 11.9. The van der Waals surface area contributed by atoms with Crippen LogP contribution in [0.4, 0.5) is 0 Å². The molecule has 0 spiro atoms. The molecule has 3 aromatic heterocycles. The van der Waals surface area contributed by atoms with Gasteiger partial charge in [-0.1, -0.05) is 164 Å². The Kier molecular flexibility index (Phi) is 7.54. The Bertz CT molecular complexity index is 3800. The number of hydrogen-bond donors (Lipinski definition) is 0. The van der Waals surface area contributed by atoms with Gasteiger partial charge in [0.1, 0.15) is 0 Å². The minimum Gasteiger partial charge on any atom is -0.309 e. The van der Waals surface area contributed by atoms with E-state index in [2.05, 4.69) is 221 Å². The van der Waals surface area contributed by atoms with Crippen LogP contribution in [-0.2, 0) is 0 Å². The lowest BCUT2D eigenvalue weighted by Crippen LogP contribution is -2.01. The summed E-state index contributed by atoms with van der Waals surface area (Å²) >= 11 is 0. The highest BCUT2D eigenvalue weighted by Crippen LogP contribution is 2.42. The lowest BCUT2D eigenvalue weighted by Gasteiger charge is -2.13. The molecule has 288 valence electrons. The first-order chi connectivity index (χ1) is 30.7. The van der Waals surface area contributed by atoms with E-state index >= 15 is 0 Å². The average molecular weight is 790 g/mol. The predicted octanol–water partition coefficient (Wildman–Crippen LogP) is 14.5. The fourth-order valence-corrected chi connectivity index (χ4v) is 9.65. The van der Waals surface area contributed by atoms with Crippen molar-refractivity contribution in [2.24, 2.45) is 0 Å². The highest BCUT2D eigenvalue weighted by atomic mass is 15.0. The van der Waals surface area contributed by atoms with Gasteiger partial charge in [0.05, 0.1) is 27.8 Å². The minimum absolute atomic E-state index is 0.616. The maximum atomic E-state index is 5.24. The molecule has 0 atom stereocenters. The zero-order valence-corrected chi connectivity index (χ0v) is 33.4. The van der Waals surface area contributed by atoms with Crippen LogP contribution in [0.25, 0.3) is 121 Å². The third-order valence-electron chi connectivity index (χ3n) is 12.5. The van der Waals surface area contributed by atoms with Crippen LogP contribution in [0, 0.1) is 0 Å². The fourth-order valence-electron chi connectivity index (χ4n) is 9.65. The summed E-state index contributed by atoms with van der Waals surface area (Å²) in [7, 11) is 0. The van der Waals surface area contributed by atoms with Crippen LogP contribution in [0.3, 0.4) is 0 Å². The van der Waals surface area contributed by atoms with Gasteiger partial charge in [-0.25, -0.2) is 15.0 Å². The van der Waals surface area contributed by atoms with Crippen molar-refractivity contribution >= 4 is 75.9 Å². The van der Waals surface area contributed by atoms with Gasteiger partial charge in [0.2, 0.25) is 0 Å². The van der Waals surface area contributed by atoms with Gasteiger partial charge < -0.3 is 9.13 Å². The number of fused-ring (bicyclic) bond motifs is 10. The van der Waals surface area contributed by atoms with Crippen molar-refractivity contribution in [3.05, 3.63) is 212 Å². The molecular weight excluding hydrogens is 755 g/mol. The molecule has 0 saturated heterocycles. The molecule has 0 aliphatic heterocycles. The molecule has 5 heteroatoms. The molecule has 13 rings (SSSR count). The molecule has 0 aliphatic rings. The maximum Gasteiger partial charge on any atom is 0.164 e. The van der Waals surface area contributed by atoms with E-state index in [1.54, 1.807) is 0 Å². The predicted molar refractivity (Wildman–Crippen MR) is 257 cm³/mol. The van der Waals surface area contributed by atoms with Gasteiger partial charge in [0.25, 0.3) is 0 Å². The lowest BCUT2D eigenvalue weighted by molar-refractivity contribution is 1.07. The van der Waals surface area contributed by atoms with Crippen molar-refractivity contribution < 1.29 is 0 Å². The number of benzene rings is 10. The quantitative estimate of drug-likeness (QED) is 0.174. The van der Waals surface area contributed by atoms with Gasteiger partial charge in [-0.05, 0) is 75.5 Å². The van der Waals surface area contributed by atoms with Gasteiger partial charge in [-0.15, -0.1) is 0 Å². The first kappa shape index (κ1) is 34.5. The Morgan fingerprint density at radius 3 is 1.40 bits per heavy atom. The molecule has 0 radical (unpaired) electrons. The Hall–Kier alpha value is -8.41. The van der Waals surface area contributed by atoms with Crippen LogP contribution in [0.15, 0.2) is 212 Å². The zero-order chi connectivity index (χ0) is 40.7. The van der Waals surface area contributed by atoms with Crippen molar-refractivity contribution in [3.63, 3.8) is 0 Å². The SMILES string of the molecule is c1cc(-c2nc(-c3ccc4ccccc4c3)nc(-c3ccc4ccccc4c3)n2)cc(-n2c3cccc(-n4c5ccccc5c5ccccc54)c3c3ccc4ccccc4c32)c1. The molecule has 13 aromatic rings. The molecule has 5 nitrogen and oxygen atoms in total. The van der Waals surface area contributed by atoms with E-state index in [4.69, 9.17) is 15.0 Å². The Labute approximate surface area is 356 Å². The van der Waals surface area contributed by atoms with Crippen molar-refractivity contribution in [1.82, 2.24) is 24.1 Å². The van der Waals surface area contributed by atoms with Crippen LogP contribution in [0.2, 0.25) is 0 Å². The van der Waals surface area contributed by atoms with Crippen molar-refractivity contribution in [1.29, 1.82) is 0 Å². The third kappa shape index (κ3) is 5.32. The lowest BCUT2D eigenvalue weighted by atomic mass is 10.0. The van der Waals surface area contributed by atoms with Gasteiger partial charge in [-0.3, -0.25) is 0 Å². The van der Waals surface area contributed by atoms with Crippen molar-refractivity contribution in [3.8, 4) is 45.5 Å². The van der Waals surface area contributed by atoms with E-state index < -0.39 is 0 Å². The van der Waals surface area contributed by atoms with Gasteiger partial charge in [0, 0.05) is 49.3 Å². The van der Waals surface area contributed by atoms with Crippen molar-refractivity contribution in [2.75, 3.05) is 0 Å². The van der Waals surface area contributed by atoms with E-state index in [1.165, 1.54) is 54.1 Å². The van der Waals surface area contributed by atoms with E-state index in [9.17, 15) is 0 Å². The molecular formula is C57H35N5. The van der Waals surface area contributed by atoms with Crippen LogP contribution < -0.4 is 0 Å². The normalized spacial score (nSPS) is 11.9. The first-order valence-corrected chi connectivity index (χ1v) is 21.0. The standard InChI is InChI=1S/C57H35N5/c1-3-16-39-33-42(29-27-36(39)13-1)56-58-55(59-57(60-56)43-30-28-37-14-2-4-17-40(37)34-43)41-18-11-19-44(35-41)61-51-25-12-26-52(53(51)48-32-31-38-15-5-6-20-45(38)54(48)61)62-49-23-9-7-21-46(49)47-22-8-10-24-50(47)62/h1-35H. The molecule has 0 aliphatic carbocycles. The molecule has 0 unspecified atom stereocenters. The van der Waals surface area contributed by atoms with E-state index in [0.717, 1.165) is 49.9 Å². The topological polar surface area (TPSA) is 48.5 Å². The molecule has 0 amide bonds. The summed E-state index contributed by atoms with van der Waals surface area (Å²) in [5.41, 5.74) is 9.61. The smallest absolute Gasteiger partial charge is 0.164 e. The van der Waals surface area contributed by atoms with Crippen LogP contribution in [0.5, 0.6) is 0 Å². The monoisotopic (exact) mass is 789 g/mol. The third-order valence-corrected chi connectivity index (χ3v) is 12.5. The molecule has 10 aromatic carbocycles. The summed E-state index contributed by atoms with van der Waals surface area (Å²) in [5.74, 6) is 1.88. The number of nitrogens with zero attached hydrogens (tertiary/aromatic N) is 5. The van der Waals surface area contributed by atoms with Crippen LogP contribution in [0.1, 0.15) is 0 Å². The van der Waals surface area contributed by atoms with E-state index in [1.807, 2.05) is 0 Å².